The minimum atomic E-state index is -0.255. The monoisotopic (exact) mass is 302 g/mol. The van der Waals surface area contributed by atoms with Gasteiger partial charge in [0, 0.05) is 18.4 Å². The van der Waals surface area contributed by atoms with Crippen molar-refractivity contribution in [1.29, 1.82) is 0 Å². The van der Waals surface area contributed by atoms with Crippen molar-refractivity contribution in [2.75, 3.05) is 7.11 Å². The zero-order valence-corrected chi connectivity index (χ0v) is 13.1. The van der Waals surface area contributed by atoms with Gasteiger partial charge in [-0.2, -0.15) is 5.01 Å². The average Bonchev–Trinajstić information content (AvgIpc) is 3.01. The standard InChI is InChI=1S/C17H22N2O3/c1-12(20)19-17(14-6-4-3-5-7-14)22-16(18-19)13-8-10-15(21-2)11-9-13/h8-11,14,17H,3-7H2,1-2H3. The number of hydrogen-bond acceptors (Lipinski definition) is 4. The van der Waals surface area contributed by atoms with E-state index in [9.17, 15) is 4.79 Å². The Morgan fingerprint density at radius 2 is 1.91 bits per heavy atom. The number of carbonyl (C=O) groups is 1. The molecule has 0 radical (unpaired) electrons. The molecule has 1 aromatic carbocycles. The van der Waals surface area contributed by atoms with Crippen LogP contribution in [0.2, 0.25) is 0 Å². The normalized spacial score (nSPS) is 22.2. The maximum absolute atomic E-state index is 11.9. The molecule has 0 bridgehead atoms. The Morgan fingerprint density at radius 1 is 1.23 bits per heavy atom. The Balaban J connectivity index is 1.80. The van der Waals surface area contributed by atoms with Gasteiger partial charge in [0.25, 0.3) is 0 Å². The van der Waals surface area contributed by atoms with Crippen molar-refractivity contribution >= 4 is 11.8 Å². The molecule has 1 heterocycles. The lowest BCUT2D eigenvalue weighted by Gasteiger charge is -2.30. The van der Waals surface area contributed by atoms with Crippen LogP contribution in [0.1, 0.15) is 44.6 Å². The topological polar surface area (TPSA) is 51.1 Å². The summed E-state index contributed by atoms with van der Waals surface area (Å²) in [6.45, 7) is 1.54. The van der Waals surface area contributed by atoms with Gasteiger partial charge in [-0.15, -0.1) is 5.10 Å². The van der Waals surface area contributed by atoms with Gasteiger partial charge in [0.15, 0.2) is 6.23 Å². The smallest absolute Gasteiger partial charge is 0.242 e. The van der Waals surface area contributed by atoms with Crippen LogP contribution >= 0.6 is 0 Å². The Labute approximate surface area is 130 Å². The maximum atomic E-state index is 11.9. The third-order valence-corrected chi connectivity index (χ3v) is 4.38. The first-order valence-corrected chi connectivity index (χ1v) is 7.88. The third kappa shape index (κ3) is 2.93. The fraction of sp³-hybridized carbons (Fsp3) is 0.529. The molecule has 0 saturated heterocycles. The van der Waals surface area contributed by atoms with Crippen LogP contribution in [0.5, 0.6) is 5.75 Å². The Morgan fingerprint density at radius 3 is 2.50 bits per heavy atom. The summed E-state index contributed by atoms with van der Waals surface area (Å²) in [6.07, 6.45) is 5.62. The molecule has 1 aliphatic carbocycles. The van der Waals surface area contributed by atoms with Gasteiger partial charge in [0.1, 0.15) is 5.75 Å². The quantitative estimate of drug-likeness (QED) is 0.862. The van der Waals surface area contributed by atoms with E-state index in [0.29, 0.717) is 11.8 Å². The van der Waals surface area contributed by atoms with Gasteiger partial charge in [0.05, 0.1) is 7.11 Å². The van der Waals surface area contributed by atoms with Crippen LogP contribution in [0.4, 0.5) is 0 Å². The second-order valence-corrected chi connectivity index (χ2v) is 5.90. The van der Waals surface area contributed by atoms with Crippen LogP contribution in [-0.2, 0) is 9.53 Å². The molecule has 1 aliphatic heterocycles. The number of hydrazone groups is 1. The van der Waals surface area contributed by atoms with Gasteiger partial charge in [0.2, 0.25) is 11.8 Å². The van der Waals surface area contributed by atoms with E-state index in [0.717, 1.165) is 24.2 Å². The molecule has 2 aliphatic rings. The predicted octanol–water partition coefficient (Wildman–Crippen LogP) is 3.14. The summed E-state index contributed by atoms with van der Waals surface area (Å²) < 4.78 is 11.2. The minimum Gasteiger partial charge on any atom is -0.497 e. The van der Waals surface area contributed by atoms with Crippen LogP contribution in [0, 0.1) is 5.92 Å². The van der Waals surface area contributed by atoms with Crippen LogP contribution in [-0.4, -0.2) is 30.2 Å². The molecule has 22 heavy (non-hydrogen) atoms. The van der Waals surface area contributed by atoms with E-state index >= 15 is 0 Å². The molecule has 1 atom stereocenters. The zero-order valence-electron chi connectivity index (χ0n) is 13.1. The molecule has 1 saturated carbocycles. The van der Waals surface area contributed by atoms with Crippen LogP contribution < -0.4 is 4.74 Å². The molecule has 3 rings (SSSR count). The number of carbonyl (C=O) groups excluding carboxylic acids is 1. The fourth-order valence-electron chi connectivity index (χ4n) is 3.17. The van der Waals surface area contributed by atoms with E-state index in [1.165, 1.54) is 24.3 Å². The number of hydrogen-bond donors (Lipinski definition) is 0. The number of methoxy groups -OCH3 is 1. The average molecular weight is 302 g/mol. The van der Waals surface area contributed by atoms with Crippen LogP contribution in [0.25, 0.3) is 0 Å². The first-order chi connectivity index (χ1) is 10.7. The van der Waals surface area contributed by atoms with Crippen molar-refractivity contribution in [3.05, 3.63) is 29.8 Å². The van der Waals surface area contributed by atoms with Crippen molar-refractivity contribution in [1.82, 2.24) is 5.01 Å². The summed E-state index contributed by atoms with van der Waals surface area (Å²) in [5.41, 5.74) is 0.866. The molecular formula is C17H22N2O3. The highest BCUT2D eigenvalue weighted by Crippen LogP contribution is 2.33. The number of amides is 1. The van der Waals surface area contributed by atoms with Gasteiger partial charge in [-0.1, -0.05) is 19.3 Å². The molecule has 118 valence electrons. The van der Waals surface area contributed by atoms with Crippen molar-refractivity contribution in [3.8, 4) is 5.75 Å². The lowest BCUT2D eigenvalue weighted by Crippen LogP contribution is -2.39. The largest absolute Gasteiger partial charge is 0.497 e. The molecule has 0 N–H and O–H groups in total. The lowest BCUT2D eigenvalue weighted by atomic mass is 9.88. The van der Waals surface area contributed by atoms with Gasteiger partial charge in [-0.05, 0) is 37.1 Å². The summed E-state index contributed by atoms with van der Waals surface area (Å²) in [5.74, 6) is 1.61. The second kappa shape index (κ2) is 6.38. The van der Waals surface area contributed by atoms with E-state index < -0.39 is 0 Å². The van der Waals surface area contributed by atoms with E-state index in [1.54, 1.807) is 14.0 Å². The van der Waals surface area contributed by atoms with Gasteiger partial charge in [-0.25, -0.2) is 0 Å². The Hall–Kier alpha value is -2.04. The number of rotatable bonds is 3. The van der Waals surface area contributed by atoms with Crippen LogP contribution in [0.3, 0.4) is 0 Å². The van der Waals surface area contributed by atoms with Crippen LogP contribution in [0.15, 0.2) is 29.4 Å². The highest BCUT2D eigenvalue weighted by atomic mass is 16.5. The zero-order chi connectivity index (χ0) is 15.5. The number of ether oxygens (including phenoxy) is 2. The SMILES string of the molecule is COc1ccc(C2=NN(C(C)=O)C(C3CCCCC3)O2)cc1. The molecule has 1 unspecified atom stereocenters. The van der Waals surface area contributed by atoms with Crippen molar-refractivity contribution in [3.63, 3.8) is 0 Å². The highest BCUT2D eigenvalue weighted by Gasteiger charge is 2.38. The third-order valence-electron chi connectivity index (χ3n) is 4.38. The van der Waals surface area contributed by atoms with E-state index in [-0.39, 0.29) is 12.1 Å². The minimum absolute atomic E-state index is 0.0703. The Bertz CT molecular complexity index is 562. The summed E-state index contributed by atoms with van der Waals surface area (Å²) in [7, 11) is 1.63. The summed E-state index contributed by atoms with van der Waals surface area (Å²) in [5, 5.41) is 5.92. The first-order valence-electron chi connectivity index (χ1n) is 7.88. The van der Waals surface area contributed by atoms with E-state index in [2.05, 4.69) is 5.10 Å². The fourth-order valence-corrected chi connectivity index (χ4v) is 3.17. The van der Waals surface area contributed by atoms with E-state index in [1.807, 2.05) is 24.3 Å². The van der Waals surface area contributed by atoms with Gasteiger partial charge >= 0.3 is 0 Å². The molecule has 5 nitrogen and oxygen atoms in total. The Kier molecular flexibility index (Phi) is 4.32. The molecule has 1 amide bonds. The number of benzene rings is 1. The molecule has 1 fully saturated rings. The highest BCUT2D eigenvalue weighted by molar-refractivity contribution is 5.96. The van der Waals surface area contributed by atoms with Gasteiger partial charge < -0.3 is 9.47 Å². The molecule has 0 spiro atoms. The molecule has 1 aromatic rings. The predicted molar refractivity (Wildman–Crippen MR) is 83.5 cm³/mol. The molecule has 0 aromatic heterocycles. The van der Waals surface area contributed by atoms with Crippen molar-refractivity contribution in [2.24, 2.45) is 11.0 Å². The summed E-state index contributed by atoms with van der Waals surface area (Å²) in [6, 6.07) is 7.54. The molecule has 5 heteroatoms. The second-order valence-electron chi connectivity index (χ2n) is 5.90. The van der Waals surface area contributed by atoms with Gasteiger partial charge in [-0.3, -0.25) is 4.79 Å². The summed E-state index contributed by atoms with van der Waals surface area (Å²) >= 11 is 0. The maximum Gasteiger partial charge on any atom is 0.242 e. The van der Waals surface area contributed by atoms with E-state index in [4.69, 9.17) is 9.47 Å². The summed E-state index contributed by atoms with van der Waals surface area (Å²) in [4.78, 5) is 11.9. The first kappa shape index (κ1) is 14.9. The lowest BCUT2D eigenvalue weighted by molar-refractivity contribution is -0.138. The number of nitrogens with zero attached hydrogens (tertiary/aromatic N) is 2. The molecular weight excluding hydrogens is 280 g/mol. The van der Waals surface area contributed by atoms with Crippen molar-refractivity contribution in [2.45, 2.75) is 45.3 Å². The van der Waals surface area contributed by atoms with Crippen molar-refractivity contribution < 1.29 is 14.3 Å².